The first-order chi connectivity index (χ1) is 14.5. The van der Waals surface area contributed by atoms with Crippen molar-refractivity contribution in [2.24, 2.45) is 4.99 Å². The molecule has 1 amide bonds. The summed E-state index contributed by atoms with van der Waals surface area (Å²) >= 11 is 0. The minimum atomic E-state index is 0.161. The zero-order valence-electron chi connectivity index (χ0n) is 18.2. The first kappa shape index (κ1) is 21.8. The summed E-state index contributed by atoms with van der Waals surface area (Å²) in [5, 5.41) is 11.2. The van der Waals surface area contributed by atoms with Crippen LogP contribution in [0.4, 0.5) is 0 Å². The van der Waals surface area contributed by atoms with Gasteiger partial charge in [0.1, 0.15) is 0 Å². The van der Waals surface area contributed by atoms with Crippen LogP contribution in [0.25, 0.3) is 5.69 Å². The summed E-state index contributed by atoms with van der Waals surface area (Å²) < 4.78 is 1.85. The van der Waals surface area contributed by atoms with E-state index < -0.39 is 0 Å². The van der Waals surface area contributed by atoms with Crippen molar-refractivity contribution in [2.75, 3.05) is 40.3 Å². The summed E-state index contributed by atoms with van der Waals surface area (Å²) in [7, 11) is 3.61. The van der Waals surface area contributed by atoms with E-state index in [9.17, 15) is 4.79 Å². The van der Waals surface area contributed by atoms with Crippen molar-refractivity contribution in [1.82, 2.24) is 30.2 Å². The molecular weight excluding hydrogens is 378 g/mol. The largest absolute Gasteiger partial charge is 0.357 e. The van der Waals surface area contributed by atoms with Gasteiger partial charge >= 0.3 is 0 Å². The lowest BCUT2D eigenvalue weighted by Crippen LogP contribution is -2.50. The molecule has 2 aromatic rings. The SMILES string of the molecule is CCNC(=NCc1cccc(-n2cccn2)c1)NC1CCN(CC(=O)N(C)C)CC1. The van der Waals surface area contributed by atoms with Gasteiger partial charge in [-0.25, -0.2) is 9.67 Å². The molecular formula is C22H33N7O. The molecule has 0 radical (unpaired) electrons. The van der Waals surface area contributed by atoms with Crippen LogP contribution in [0, 0.1) is 0 Å². The summed E-state index contributed by atoms with van der Waals surface area (Å²) in [6, 6.07) is 10.6. The molecule has 1 saturated heterocycles. The molecule has 0 aliphatic carbocycles. The Morgan fingerprint density at radius 2 is 2.07 bits per heavy atom. The number of guanidine groups is 1. The Morgan fingerprint density at radius 3 is 2.73 bits per heavy atom. The van der Waals surface area contributed by atoms with Gasteiger partial charge in [0.25, 0.3) is 0 Å². The van der Waals surface area contributed by atoms with Gasteiger partial charge in [0.15, 0.2) is 5.96 Å². The quantitative estimate of drug-likeness (QED) is 0.533. The Balaban J connectivity index is 1.54. The maximum atomic E-state index is 11.9. The molecule has 30 heavy (non-hydrogen) atoms. The Labute approximate surface area is 179 Å². The van der Waals surface area contributed by atoms with Crippen LogP contribution in [0.5, 0.6) is 0 Å². The molecule has 1 aliphatic heterocycles. The van der Waals surface area contributed by atoms with Crippen molar-refractivity contribution in [1.29, 1.82) is 0 Å². The van der Waals surface area contributed by atoms with Gasteiger partial charge in [-0.3, -0.25) is 9.69 Å². The molecule has 0 bridgehead atoms. The number of benzene rings is 1. The van der Waals surface area contributed by atoms with Crippen LogP contribution in [0.1, 0.15) is 25.3 Å². The van der Waals surface area contributed by atoms with Crippen LogP contribution in [-0.2, 0) is 11.3 Å². The lowest BCUT2D eigenvalue weighted by Gasteiger charge is -2.33. The van der Waals surface area contributed by atoms with Gasteiger partial charge in [-0.1, -0.05) is 12.1 Å². The number of hydrogen-bond acceptors (Lipinski definition) is 4. The second kappa shape index (κ2) is 10.8. The van der Waals surface area contributed by atoms with Crippen LogP contribution in [-0.4, -0.2) is 77.8 Å². The predicted octanol–water partition coefficient (Wildman–Crippen LogP) is 1.48. The van der Waals surface area contributed by atoms with E-state index in [2.05, 4.69) is 39.7 Å². The van der Waals surface area contributed by atoms with Gasteiger partial charge in [0.05, 0.1) is 18.8 Å². The molecule has 3 rings (SSSR count). The van der Waals surface area contributed by atoms with E-state index >= 15 is 0 Å². The van der Waals surface area contributed by atoms with Gasteiger partial charge in [-0.05, 0) is 43.5 Å². The number of amides is 1. The van der Waals surface area contributed by atoms with Gasteiger partial charge in [0.2, 0.25) is 5.91 Å². The Bertz CT molecular complexity index is 824. The number of carbonyl (C=O) groups is 1. The summed E-state index contributed by atoms with van der Waals surface area (Å²) in [5.74, 6) is 0.999. The fraction of sp³-hybridized carbons (Fsp3) is 0.500. The van der Waals surface area contributed by atoms with Crippen molar-refractivity contribution in [3.05, 3.63) is 48.3 Å². The normalized spacial score (nSPS) is 15.8. The van der Waals surface area contributed by atoms with Crippen LogP contribution in [0.15, 0.2) is 47.7 Å². The second-order valence-corrected chi connectivity index (χ2v) is 7.80. The highest BCUT2D eigenvalue weighted by Gasteiger charge is 2.22. The van der Waals surface area contributed by atoms with E-state index in [1.165, 1.54) is 0 Å². The minimum absolute atomic E-state index is 0.161. The smallest absolute Gasteiger partial charge is 0.236 e. The van der Waals surface area contributed by atoms with Crippen LogP contribution in [0.2, 0.25) is 0 Å². The standard InChI is InChI=1S/C22H33N7O/c1-4-23-22(26-19-9-13-28(14-10-19)17-21(30)27(2)3)24-16-18-7-5-8-20(15-18)29-12-6-11-25-29/h5-8,11-12,15,19H,4,9-10,13-14,16-17H2,1-3H3,(H2,23,24,26). The van der Waals surface area contributed by atoms with Crippen molar-refractivity contribution in [3.63, 3.8) is 0 Å². The van der Waals surface area contributed by atoms with Crippen molar-refractivity contribution >= 4 is 11.9 Å². The molecule has 2 heterocycles. The van der Waals surface area contributed by atoms with Crippen LogP contribution >= 0.6 is 0 Å². The van der Waals surface area contributed by atoms with Gasteiger partial charge in [-0.2, -0.15) is 5.10 Å². The molecule has 8 nitrogen and oxygen atoms in total. The van der Waals surface area contributed by atoms with E-state index in [0.717, 1.165) is 49.7 Å². The maximum Gasteiger partial charge on any atom is 0.236 e. The number of hydrogen-bond donors (Lipinski definition) is 2. The third-order valence-corrected chi connectivity index (χ3v) is 5.23. The predicted molar refractivity (Wildman–Crippen MR) is 120 cm³/mol. The number of aliphatic imine (C=N–C) groups is 1. The molecule has 0 saturated carbocycles. The summed E-state index contributed by atoms with van der Waals surface area (Å²) in [5.41, 5.74) is 2.17. The molecule has 162 valence electrons. The molecule has 1 aromatic heterocycles. The van der Waals surface area contributed by atoms with Gasteiger partial charge < -0.3 is 15.5 Å². The van der Waals surface area contributed by atoms with E-state index in [1.807, 2.05) is 29.1 Å². The minimum Gasteiger partial charge on any atom is -0.357 e. The van der Waals surface area contributed by atoms with Gasteiger partial charge in [0, 0.05) is 52.2 Å². The lowest BCUT2D eigenvalue weighted by atomic mass is 10.1. The maximum absolute atomic E-state index is 11.9. The number of nitrogens with one attached hydrogen (secondary N) is 2. The number of rotatable bonds is 7. The first-order valence-corrected chi connectivity index (χ1v) is 10.6. The molecule has 0 atom stereocenters. The van der Waals surface area contributed by atoms with Crippen LogP contribution < -0.4 is 10.6 Å². The number of carbonyl (C=O) groups excluding carboxylic acids is 1. The molecule has 1 aliphatic rings. The highest BCUT2D eigenvalue weighted by molar-refractivity contribution is 5.80. The number of nitrogens with zero attached hydrogens (tertiary/aromatic N) is 5. The van der Waals surface area contributed by atoms with E-state index in [0.29, 0.717) is 19.1 Å². The molecule has 0 spiro atoms. The molecule has 1 aromatic carbocycles. The molecule has 2 N–H and O–H groups in total. The third kappa shape index (κ3) is 6.32. The fourth-order valence-electron chi connectivity index (χ4n) is 3.47. The molecule has 0 unspecified atom stereocenters. The van der Waals surface area contributed by atoms with Crippen LogP contribution in [0.3, 0.4) is 0 Å². The monoisotopic (exact) mass is 411 g/mol. The number of aromatic nitrogens is 2. The summed E-state index contributed by atoms with van der Waals surface area (Å²) in [6.45, 7) is 5.83. The average molecular weight is 412 g/mol. The Morgan fingerprint density at radius 1 is 1.27 bits per heavy atom. The highest BCUT2D eigenvalue weighted by Crippen LogP contribution is 2.12. The van der Waals surface area contributed by atoms with E-state index in [1.54, 1.807) is 25.2 Å². The topological polar surface area (TPSA) is 77.8 Å². The highest BCUT2D eigenvalue weighted by atomic mass is 16.2. The van der Waals surface area contributed by atoms with Crippen molar-refractivity contribution in [3.8, 4) is 5.69 Å². The van der Waals surface area contributed by atoms with E-state index in [-0.39, 0.29) is 5.91 Å². The second-order valence-electron chi connectivity index (χ2n) is 7.80. The zero-order valence-corrected chi connectivity index (χ0v) is 18.2. The lowest BCUT2D eigenvalue weighted by molar-refractivity contribution is -0.130. The van der Waals surface area contributed by atoms with Gasteiger partial charge in [-0.15, -0.1) is 0 Å². The number of piperidine rings is 1. The fourth-order valence-corrected chi connectivity index (χ4v) is 3.47. The Hall–Kier alpha value is -2.87. The van der Waals surface area contributed by atoms with Crippen molar-refractivity contribution in [2.45, 2.75) is 32.4 Å². The third-order valence-electron chi connectivity index (χ3n) is 5.23. The van der Waals surface area contributed by atoms with E-state index in [4.69, 9.17) is 4.99 Å². The zero-order chi connectivity index (χ0) is 21.3. The summed E-state index contributed by atoms with van der Waals surface area (Å²) in [4.78, 5) is 20.6. The summed E-state index contributed by atoms with van der Waals surface area (Å²) in [6.07, 6.45) is 5.71. The molecule has 1 fully saturated rings. The number of likely N-dealkylation sites (tertiary alicyclic amines) is 1. The van der Waals surface area contributed by atoms with Crippen molar-refractivity contribution < 1.29 is 4.79 Å². The first-order valence-electron chi connectivity index (χ1n) is 10.6. The average Bonchev–Trinajstić information content (AvgIpc) is 3.29. The number of likely N-dealkylation sites (N-methyl/N-ethyl adjacent to an activating group) is 1. The Kier molecular flexibility index (Phi) is 7.84. The molecule has 8 heteroatoms.